The monoisotopic (exact) mass is 669 g/mol. The second-order valence-corrected chi connectivity index (χ2v) is 13.9. The van der Waals surface area contributed by atoms with Gasteiger partial charge in [0.15, 0.2) is 0 Å². The Kier molecular flexibility index (Phi) is 7.04. The van der Waals surface area contributed by atoms with Gasteiger partial charge in [-0.05, 0) is 81.9 Å². The molecule has 0 spiro atoms. The second-order valence-electron chi connectivity index (χ2n) is 12.9. The lowest BCUT2D eigenvalue weighted by atomic mass is 9.91. The highest BCUT2D eigenvalue weighted by Crippen LogP contribution is 2.48. The van der Waals surface area contributed by atoms with E-state index < -0.39 is 0 Å². The van der Waals surface area contributed by atoms with Crippen LogP contribution in [0, 0.1) is 0 Å². The number of thiophene rings is 1. The van der Waals surface area contributed by atoms with E-state index in [1.54, 1.807) is 0 Å². The van der Waals surface area contributed by atoms with E-state index in [-0.39, 0.29) is 0 Å². The molecular formula is C48H31NOS. The molecule has 8 aromatic carbocycles. The molecule has 0 aliphatic heterocycles. The third-order valence-electron chi connectivity index (χ3n) is 9.90. The smallest absolute Gasteiger partial charge is 0.136 e. The average molecular weight is 670 g/mol. The normalized spacial score (nSPS) is 11.5. The number of rotatable bonds is 6. The zero-order valence-electron chi connectivity index (χ0n) is 27.7. The van der Waals surface area contributed by atoms with Gasteiger partial charge in [0.25, 0.3) is 0 Å². The molecule has 0 saturated heterocycles. The first-order valence-electron chi connectivity index (χ1n) is 17.3. The summed E-state index contributed by atoms with van der Waals surface area (Å²) in [6.45, 7) is 0. The number of anilines is 3. The van der Waals surface area contributed by atoms with Crippen LogP contribution in [0.5, 0.6) is 0 Å². The lowest BCUT2D eigenvalue weighted by Crippen LogP contribution is -2.10. The van der Waals surface area contributed by atoms with E-state index in [1.807, 2.05) is 17.4 Å². The zero-order valence-corrected chi connectivity index (χ0v) is 28.5. The molecule has 0 atom stereocenters. The summed E-state index contributed by atoms with van der Waals surface area (Å²) < 4.78 is 8.95. The van der Waals surface area contributed by atoms with Gasteiger partial charge >= 0.3 is 0 Å². The van der Waals surface area contributed by atoms with Crippen LogP contribution in [0.25, 0.3) is 75.5 Å². The predicted octanol–water partition coefficient (Wildman–Crippen LogP) is 14.4. The van der Waals surface area contributed by atoms with Crippen molar-refractivity contribution in [1.29, 1.82) is 0 Å². The number of benzene rings is 8. The third kappa shape index (κ3) is 5.01. The van der Waals surface area contributed by atoms with E-state index in [0.717, 1.165) is 50.1 Å². The molecule has 0 aliphatic rings. The fourth-order valence-electron chi connectivity index (χ4n) is 7.53. The summed E-state index contributed by atoms with van der Waals surface area (Å²) >= 11 is 1.86. The van der Waals surface area contributed by atoms with Crippen molar-refractivity contribution < 1.29 is 4.42 Å². The number of hydrogen-bond acceptors (Lipinski definition) is 3. The largest absolute Gasteiger partial charge is 0.456 e. The van der Waals surface area contributed by atoms with Crippen molar-refractivity contribution in [2.45, 2.75) is 0 Å². The SMILES string of the molecule is c1ccc(-c2ccc(N(c3ccc(-c4ccccc4)c(-c4cccc5oc6ccccc6c45)c3)c3cccc4c3sc3ccccc34)cc2)cc1. The Morgan fingerprint density at radius 3 is 1.84 bits per heavy atom. The molecule has 2 nitrogen and oxygen atoms in total. The van der Waals surface area contributed by atoms with Crippen molar-refractivity contribution in [3.63, 3.8) is 0 Å². The fraction of sp³-hybridized carbons (Fsp3) is 0. The highest BCUT2D eigenvalue weighted by atomic mass is 32.1. The standard InChI is InChI=1S/C48H31NOS/c1-3-13-32(14-4-1)33-25-27-35(28-26-33)49(43-21-11-20-40-38-17-8-10-24-46(38)51-48(40)43)36-29-30-37(34-15-5-2-6-16-34)42(31-36)39-19-12-23-45-47(39)41-18-7-9-22-44(41)50-45/h1-31H. The van der Waals surface area contributed by atoms with Crippen LogP contribution in [0.4, 0.5) is 17.1 Å². The first-order chi connectivity index (χ1) is 25.3. The minimum absolute atomic E-state index is 0.890. The predicted molar refractivity (Wildman–Crippen MR) is 218 cm³/mol. The van der Waals surface area contributed by atoms with Crippen molar-refractivity contribution in [2.75, 3.05) is 4.90 Å². The van der Waals surface area contributed by atoms with Gasteiger partial charge in [-0.2, -0.15) is 0 Å². The van der Waals surface area contributed by atoms with Crippen molar-refractivity contribution in [2.24, 2.45) is 0 Å². The molecule has 2 heterocycles. The van der Waals surface area contributed by atoms with Gasteiger partial charge in [-0.25, -0.2) is 0 Å². The van der Waals surface area contributed by atoms with Crippen molar-refractivity contribution >= 4 is 70.5 Å². The van der Waals surface area contributed by atoms with Crippen LogP contribution in [0.2, 0.25) is 0 Å². The maximum absolute atomic E-state index is 6.39. The van der Waals surface area contributed by atoms with Crippen LogP contribution in [0.1, 0.15) is 0 Å². The molecule has 51 heavy (non-hydrogen) atoms. The van der Waals surface area contributed by atoms with Crippen LogP contribution in [0.15, 0.2) is 192 Å². The van der Waals surface area contributed by atoms with Crippen molar-refractivity contribution in [3.8, 4) is 33.4 Å². The fourth-order valence-corrected chi connectivity index (χ4v) is 8.74. The summed E-state index contributed by atoms with van der Waals surface area (Å²) in [4.78, 5) is 2.43. The minimum atomic E-state index is 0.890. The van der Waals surface area contributed by atoms with Crippen molar-refractivity contribution in [3.05, 3.63) is 188 Å². The van der Waals surface area contributed by atoms with Gasteiger partial charge in [0, 0.05) is 37.6 Å². The zero-order chi connectivity index (χ0) is 33.7. The number of para-hydroxylation sites is 1. The third-order valence-corrected chi connectivity index (χ3v) is 11.1. The van der Waals surface area contributed by atoms with Crippen LogP contribution < -0.4 is 4.90 Å². The Morgan fingerprint density at radius 1 is 0.392 bits per heavy atom. The van der Waals surface area contributed by atoms with Gasteiger partial charge in [-0.3, -0.25) is 0 Å². The molecule has 10 rings (SSSR count). The summed E-state index contributed by atoms with van der Waals surface area (Å²) in [6.07, 6.45) is 0. The quantitative estimate of drug-likeness (QED) is 0.175. The molecule has 3 heteroatoms. The summed E-state index contributed by atoms with van der Waals surface area (Å²) in [5, 5.41) is 4.82. The highest BCUT2D eigenvalue weighted by molar-refractivity contribution is 7.26. The molecule has 10 aromatic rings. The van der Waals surface area contributed by atoms with Crippen LogP contribution >= 0.6 is 11.3 Å². The van der Waals surface area contributed by atoms with Crippen LogP contribution in [0.3, 0.4) is 0 Å². The Labute approximate surface area is 300 Å². The Morgan fingerprint density at radius 2 is 1.02 bits per heavy atom. The van der Waals surface area contributed by atoms with E-state index in [0.29, 0.717) is 0 Å². The molecule has 0 aliphatic carbocycles. The van der Waals surface area contributed by atoms with Gasteiger partial charge < -0.3 is 9.32 Å². The van der Waals surface area contributed by atoms with Gasteiger partial charge in [0.05, 0.1) is 10.4 Å². The Hall–Kier alpha value is -6.42. The Balaban J connectivity index is 1.24. The molecule has 240 valence electrons. The molecule has 0 fully saturated rings. The van der Waals surface area contributed by atoms with Gasteiger partial charge in [0.2, 0.25) is 0 Å². The molecule has 0 bridgehead atoms. The number of fused-ring (bicyclic) bond motifs is 6. The highest BCUT2D eigenvalue weighted by Gasteiger charge is 2.22. The molecule has 0 amide bonds. The minimum Gasteiger partial charge on any atom is -0.456 e. The van der Waals surface area contributed by atoms with E-state index in [9.17, 15) is 0 Å². The molecule has 0 saturated carbocycles. The lowest BCUT2D eigenvalue weighted by molar-refractivity contribution is 0.669. The topological polar surface area (TPSA) is 16.4 Å². The van der Waals surface area contributed by atoms with Crippen LogP contribution in [-0.4, -0.2) is 0 Å². The summed E-state index contributed by atoms with van der Waals surface area (Å²) in [5.41, 5.74) is 12.2. The first-order valence-corrected chi connectivity index (χ1v) is 18.1. The summed E-state index contributed by atoms with van der Waals surface area (Å²) in [6, 6.07) is 67.4. The van der Waals surface area contributed by atoms with Crippen molar-refractivity contribution in [1.82, 2.24) is 0 Å². The van der Waals surface area contributed by atoms with E-state index in [4.69, 9.17) is 4.42 Å². The van der Waals surface area contributed by atoms with Crippen LogP contribution in [-0.2, 0) is 0 Å². The summed E-state index contributed by atoms with van der Waals surface area (Å²) in [7, 11) is 0. The number of nitrogens with zero attached hydrogens (tertiary/aromatic N) is 1. The second kappa shape index (κ2) is 12.2. The van der Waals surface area contributed by atoms with Gasteiger partial charge in [-0.1, -0.05) is 140 Å². The first kappa shape index (κ1) is 29.5. The van der Waals surface area contributed by atoms with E-state index >= 15 is 0 Å². The molecule has 2 aromatic heterocycles. The maximum Gasteiger partial charge on any atom is 0.136 e. The number of furan rings is 1. The lowest BCUT2D eigenvalue weighted by Gasteiger charge is -2.27. The Bertz CT molecular complexity index is 2850. The van der Waals surface area contributed by atoms with Gasteiger partial charge in [-0.15, -0.1) is 11.3 Å². The van der Waals surface area contributed by atoms with E-state index in [1.165, 1.54) is 42.4 Å². The maximum atomic E-state index is 6.39. The van der Waals surface area contributed by atoms with Gasteiger partial charge in [0.1, 0.15) is 11.2 Å². The molecular weight excluding hydrogens is 639 g/mol. The van der Waals surface area contributed by atoms with E-state index in [2.05, 4.69) is 187 Å². The average Bonchev–Trinajstić information content (AvgIpc) is 3.78. The molecule has 0 radical (unpaired) electrons. The molecule has 0 unspecified atom stereocenters. The molecule has 0 N–H and O–H groups in total. The number of hydrogen-bond donors (Lipinski definition) is 0. The summed E-state index contributed by atoms with van der Waals surface area (Å²) in [5.74, 6) is 0.